The lowest BCUT2D eigenvalue weighted by Gasteiger charge is -2.44. The molecule has 19 heavy (non-hydrogen) atoms. The summed E-state index contributed by atoms with van der Waals surface area (Å²) in [6, 6.07) is 2.35. The minimum atomic E-state index is 0.725. The SMILES string of the molecule is CCC(C)N1CCN(C2CCN(C(C)C)CC2)CC1. The van der Waals surface area contributed by atoms with Gasteiger partial charge in [-0.1, -0.05) is 6.92 Å². The summed E-state index contributed by atoms with van der Waals surface area (Å²) in [6.45, 7) is 17.1. The molecule has 0 radical (unpaired) electrons. The normalized spacial score (nSPS) is 27.0. The maximum absolute atomic E-state index is 2.76. The Morgan fingerprint density at radius 2 is 1.42 bits per heavy atom. The van der Waals surface area contributed by atoms with Gasteiger partial charge in [0, 0.05) is 44.3 Å². The van der Waals surface area contributed by atoms with E-state index in [2.05, 4.69) is 42.4 Å². The largest absolute Gasteiger partial charge is 0.301 e. The van der Waals surface area contributed by atoms with Gasteiger partial charge in [-0.05, 0) is 53.1 Å². The van der Waals surface area contributed by atoms with E-state index >= 15 is 0 Å². The molecule has 0 aromatic carbocycles. The molecule has 2 aliphatic heterocycles. The molecule has 0 aromatic rings. The Kier molecular flexibility index (Phi) is 5.67. The lowest BCUT2D eigenvalue weighted by Crippen LogP contribution is -2.55. The van der Waals surface area contributed by atoms with Gasteiger partial charge in [0.1, 0.15) is 0 Å². The Morgan fingerprint density at radius 1 is 0.842 bits per heavy atom. The molecule has 3 heteroatoms. The van der Waals surface area contributed by atoms with E-state index in [4.69, 9.17) is 0 Å². The fraction of sp³-hybridized carbons (Fsp3) is 1.00. The molecular weight excluding hydrogens is 234 g/mol. The first-order chi connectivity index (χ1) is 9.11. The van der Waals surface area contributed by atoms with Crippen molar-refractivity contribution in [2.75, 3.05) is 39.3 Å². The predicted molar refractivity (Wildman–Crippen MR) is 82.6 cm³/mol. The first kappa shape index (κ1) is 15.3. The first-order valence-corrected chi connectivity index (χ1v) is 8.34. The van der Waals surface area contributed by atoms with Gasteiger partial charge in [0.2, 0.25) is 0 Å². The lowest BCUT2D eigenvalue weighted by molar-refractivity contribution is 0.0394. The number of hydrogen-bond acceptors (Lipinski definition) is 3. The molecule has 2 aliphatic rings. The third-order valence-corrected chi connectivity index (χ3v) is 5.31. The molecule has 0 amide bonds. The van der Waals surface area contributed by atoms with Crippen LogP contribution in [0.3, 0.4) is 0 Å². The van der Waals surface area contributed by atoms with E-state index < -0.39 is 0 Å². The second-order valence-electron chi connectivity index (χ2n) is 6.69. The number of rotatable bonds is 4. The Labute approximate surface area is 119 Å². The predicted octanol–water partition coefficient (Wildman–Crippen LogP) is 2.28. The van der Waals surface area contributed by atoms with Crippen molar-refractivity contribution >= 4 is 0 Å². The van der Waals surface area contributed by atoms with Crippen LogP contribution in [-0.4, -0.2) is 72.1 Å². The molecule has 2 fully saturated rings. The van der Waals surface area contributed by atoms with E-state index in [0.29, 0.717) is 0 Å². The molecule has 1 atom stereocenters. The summed E-state index contributed by atoms with van der Waals surface area (Å²) in [5.74, 6) is 0. The quantitative estimate of drug-likeness (QED) is 0.774. The van der Waals surface area contributed by atoms with Crippen LogP contribution in [0.5, 0.6) is 0 Å². The number of piperidine rings is 1. The van der Waals surface area contributed by atoms with Crippen molar-refractivity contribution in [3.8, 4) is 0 Å². The molecule has 112 valence electrons. The Morgan fingerprint density at radius 3 is 1.89 bits per heavy atom. The molecule has 3 nitrogen and oxygen atoms in total. The summed E-state index contributed by atoms with van der Waals surface area (Å²) >= 11 is 0. The van der Waals surface area contributed by atoms with Crippen molar-refractivity contribution in [1.82, 2.24) is 14.7 Å². The van der Waals surface area contributed by atoms with E-state index in [1.807, 2.05) is 0 Å². The molecular formula is C16H33N3. The van der Waals surface area contributed by atoms with Crippen molar-refractivity contribution in [2.45, 2.75) is 65.1 Å². The Hall–Kier alpha value is -0.120. The van der Waals surface area contributed by atoms with Gasteiger partial charge in [0.15, 0.2) is 0 Å². The highest BCUT2D eigenvalue weighted by atomic mass is 15.3. The molecule has 0 aliphatic carbocycles. The van der Waals surface area contributed by atoms with Crippen molar-refractivity contribution in [3.05, 3.63) is 0 Å². The van der Waals surface area contributed by atoms with Gasteiger partial charge in [0.05, 0.1) is 0 Å². The summed E-state index contributed by atoms with van der Waals surface area (Å²) < 4.78 is 0. The highest BCUT2D eigenvalue weighted by molar-refractivity contribution is 4.85. The number of piperazine rings is 1. The topological polar surface area (TPSA) is 9.72 Å². The Balaban J connectivity index is 1.74. The summed E-state index contributed by atoms with van der Waals surface area (Å²) in [5, 5.41) is 0. The second-order valence-corrected chi connectivity index (χ2v) is 6.69. The molecule has 2 saturated heterocycles. The number of nitrogens with zero attached hydrogens (tertiary/aromatic N) is 3. The average Bonchev–Trinajstić information content (AvgIpc) is 2.46. The Bertz CT molecular complexity index is 251. The van der Waals surface area contributed by atoms with Crippen LogP contribution in [-0.2, 0) is 0 Å². The molecule has 0 bridgehead atoms. The second kappa shape index (κ2) is 7.05. The summed E-state index contributed by atoms with van der Waals surface area (Å²) in [5.41, 5.74) is 0. The fourth-order valence-electron chi connectivity index (χ4n) is 3.57. The molecule has 2 heterocycles. The molecule has 0 saturated carbocycles. The van der Waals surface area contributed by atoms with Crippen LogP contribution in [0.4, 0.5) is 0 Å². The van der Waals surface area contributed by atoms with Crippen LogP contribution >= 0.6 is 0 Å². The highest BCUT2D eigenvalue weighted by Gasteiger charge is 2.28. The van der Waals surface area contributed by atoms with E-state index in [1.54, 1.807) is 0 Å². The van der Waals surface area contributed by atoms with Crippen molar-refractivity contribution in [3.63, 3.8) is 0 Å². The first-order valence-electron chi connectivity index (χ1n) is 8.34. The van der Waals surface area contributed by atoms with Crippen LogP contribution in [0.2, 0.25) is 0 Å². The van der Waals surface area contributed by atoms with Gasteiger partial charge in [-0.15, -0.1) is 0 Å². The van der Waals surface area contributed by atoms with E-state index in [1.165, 1.54) is 58.5 Å². The standard InChI is InChI=1S/C16H33N3/c1-5-15(4)18-10-12-19(13-11-18)16-6-8-17(9-7-16)14(2)3/h14-16H,5-13H2,1-4H3. The maximum Gasteiger partial charge on any atom is 0.0121 e. The van der Waals surface area contributed by atoms with Gasteiger partial charge in [-0.3, -0.25) is 9.80 Å². The van der Waals surface area contributed by atoms with Crippen molar-refractivity contribution < 1.29 is 0 Å². The van der Waals surface area contributed by atoms with Crippen LogP contribution in [0.25, 0.3) is 0 Å². The average molecular weight is 267 g/mol. The number of hydrogen-bond donors (Lipinski definition) is 0. The van der Waals surface area contributed by atoms with Gasteiger partial charge in [-0.25, -0.2) is 0 Å². The van der Waals surface area contributed by atoms with Crippen molar-refractivity contribution in [2.24, 2.45) is 0 Å². The summed E-state index contributed by atoms with van der Waals surface area (Å²) in [7, 11) is 0. The zero-order valence-corrected chi connectivity index (χ0v) is 13.4. The van der Waals surface area contributed by atoms with E-state index in [0.717, 1.165) is 18.1 Å². The summed E-state index contributed by atoms with van der Waals surface area (Å²) in [6.07, 6.45) is 4.04. The van der Waals surface area contributed by atoms with Crippen molar-refractivity contribution in [1.29, 1.82) is 0 Å². The number of likely N-dealkylation sites (tertiary alicyclic amines) is 1. The molecule has 0 spiro atoms. The van der Waals surface area contributed by atoms with Crippen LogP contribution in [0.1, 0.15) is 47.0 Å². The highest BCUT2D eigenvalue weighted by Crippen LogP contribution is 2.20. The molecule has 2 rings (SSSR count). The van der Waals surface area contributed by atoms with Crippen LogP contribution in [0, 0.1) is 0 Å². The molecule has 0 N–H and O–H groups in total. The zero-order valence-electron chi connectivity index (χ0n) is 13.4. The van der Waals surface area contributed by atoms with E-state index in [-0.39, 0.29) is 0 Å². The van der Waals surface area contributed by atoms with Gasteiger partial charge in [0.25, 0.3) is 0 Å². The molecule has 0 aromatic heterocycles. The maximum atomic E-state index is 2.76. The monoisotopic (exact) mass is 267 g/mol. The zero-order chi connectivity index (χ0) is 13.8. The summed E-state index contributed by atoms with van der Waals surface area (Å²) in [4.78, 5) is 8.06. The minimum Gasteiger partial charge on any atom is -0.301 e. The lowest BCUT2D eigenvalue weighted by atomic mass is 10.0. The van der Waals surface area contributed by atoms with Crippen LogP contribution < -0.4 is 0 Å². The van der Waals surface area contributed by atoms with Gasteiger partial charge >= 0.3 is 0 Å². The smallest absolute Gasteiger partial charge is 0.0121 e. The molecule has 1 unspecified atom stereocenters. The van der Waals surface area contributed by atoms with Crippen LogP contribution in [0.15, 0.2) is 0 Å². The fourth-order valence-corrected chi connectivity index (χ4v) is 3.57. The third kappa shape index (κ3) is 3.93. The van der Waals surface area contributed by atoms with E-state index in [9.17, 15) is 0 Å². The van der Waals surface area contributed by atoms with Gasteiger partial charge in [-0.2, -0.15) is 0 Å². The third-order valence-electron chi connectivity index (χ3n) is 5.31. The minimum absolute atomic E-state index is 0.725. The van der Waals surface area contributed by atoms with Gasteiger partial charge < -0.3 is 4.90 Å².